The molecule has 1 aromatic carbocycles. The zero-order valence-electron chi connectivity index (χ0n) is 10.6. The third-order valence-electron chi connectivity index (χ3n) is 2.74. The van der Waals surface area contributed by atoms with Gasteiger partial charge in [-0.15, -0.1) is 0 Å². The highest BCUT2D eigenvalue weighted by Crippen LogP contribution is 2.19. The van der Waals surface area contributed by atoms with E-state index in [0.717, 1.165) is 5.56 Å². The second-order valence-electron chi connectivity index (χ2n) is 4.31. The second kappa shape index (κ2) is 5.28. The van der Waals surface area contributed by atoms with Crippen LogP contribution in [0.3, 0.4) is 0 Å². The number of aromatic amines is 1. The number of carbonyl (C=O) groups is 1. The van der Waals surface area contributed by atoms with E-state index in [2.05, 4.69) is 10.3 Å². The van der Waals surface area contributed by atoms with Gasteiger partial charge < -0.3 is 10.3 Å². The number of anilines is 1. The molecule has 0 aliphatic carbocycles. The number of benzene rings is 1. The normalized spacial score (nSPS) is 10.3. The van der Waals surface area contributed by atoms with Crippen molar-refractivity contribution in [2.24, 2.45) is 0 Å². The number of carbonyl (C=O) groups excluding carboxylic acids is 1. The van der Waals surface area contributed by atoms with Gasteiger partial charge >= 0.3 is 0 Å². The van der Waals surface area contributed by atoms with Crippen molar-refractivity contribution >= 4 is 23.2 Å². The summed E-state index contributed by atoms with van der Waals surface area (Å²) >= 11 is 5.85. The maximum absolute atomic E-state index is 12.0. The molecular weight excluding hydrogens is 264 g/mol. The van der Waals surface area contributed by atoms with E-state index in [0.29, 0.717) is 16.4 Å². The largest absolute Gasteiger partial charge is 0.364 e. The van der Waals surface area contributed by atoms with E-state index in [9.17, 15) is 9.59 Å². The van der Waals surface area contributed by atoms with E-state index in [-0.39, 0.29) is 11.0 Å². The van der Waals surface area contributed by atoms with Crippen LogP contribution in [0.4, 0.5) is 5.69 Å². The lowest BCUT2D eigenvalue weighted by atomic mass is 10.2. The van der Waals surface area contributed by atoms with Crippen LogP contribution in [-0.2, 0) is 0 Å². The zero-order valence-corrected chi connectivity index (χ0v) is 11.3. The van der Waals surface area contributed by atoms with Gasteiger partial charge in [-0.1, -0.05) is 11.6 Å². The Hall–Kier alpha value is -2.07. The summed E-state index contributed by atoms with van der Waals surface area (Å²) in [5, 5.41) is 3.30. The molecular formula is C14H13ClN2O2. The number of H-pyrrole nitrogens is 1. The van der Waals surface area contributed by atoms with Crippen LogP contribution in [-0.4, -0.2) is 10.9 Å². The molecule has 1 heterocycles. The van der Waals surface area contributed by atoms with Gasteiger partial charge in [-0.2, -0.15) is 0 Å². The molecule has 98 valence electrons. The summed E-state index contributed by atoms with van der Waals surface area (Å²) in [6.07, 6.45) is 1.41. The molecule has 0 atom stereocenters. The summed E-state index contributed by atoms with van der Waals surface area (Å²) in [5.74, 6) is -0.438. The highest BCUT2D eigenvalue weighted by Gasteiger charge is 2.11. The van der Waals surface area contributed by atoms with Crippen LogP contribution in [0.2, 0.25) is 5.02 Å². The molecule has 0 aliphatic heterocycles. The molecule has 1 aromatic heterocycles. The Morgan fingerprint density at radius 2 is 2.00 bits per heavy atom. The van der Waals surface area contributed by atoms with Crippen molar-refractivity contribution in [3.63, 3.8) is 0 Å². The van der Waals surface area contributed by atoms with Gasteiger partial charge in [0.2, 0.25) is 0 Å². The maximum atomic E-state index is 12.0. The molecule has 0 radical (unpaired) electrons. The minimum atomic E-state index is -0.438. The molecule has 1 amide bonds. The van der Waals surface area contributed by atoms with Crippen LogP contribution in [0.25, 0.3) is 0 Å². The Kier molecular flexibility index (Phi) is 3.71. The quantitative estimate of drug-likeness (QED) is 0.886. The Bertz CT molecular complexity index is 692. The van der Waals surface area contributed by atoms with Crippen LogP contribution >= 0.6 is 11.6 Å². The second-order valence-corrected chi connectivity index (χ2v) is 4.74. The van der Waals surface area contributed by atoms with E-state index in [4.69, 9.17) is 11.6 Å². The Balaban J connectivity index is 2.28. The molecule has 0 aliphatic rings. The van der Waals surface area contributed by atoms with Gasteiger partial charge in [-0.25, -0.2) is 0 Å². The van der Waals surface area contributed by atoms with E-state index >= 15 is 0 Å². The molecule has 4 nitrogen and oxygen atoms in total. The Morgan fingerprint density at radius 1 is 1.26 bits per heavy atom. The monoisotopic (exact) mass is 276 g/mol. The fourth-order valence-electron chi connectivity index (χ4n) is 1.71. The fourth-order valence-corrected chi connectivity index (χ4v) is 1.93. The van der Waals surface area contributed by atoms with Crippen LogP contribution in [0, 0.1) is 13.8 Å². The van der Waals surface area contributed by atoms with Crippen LogP contribution in [0.15, 0.2) is 35.3 Å². The molecule has 2 N–H and O–H groups in total. The number of rotatable bonds is 2. The van der Waals surface area contributed by atoms with Gasteiger partial charge in [0.1, 0.15) is 5.56 Å². The number of aryl methyl sites for hydroxylation is 2. The minimum absolute atomic E-state index is 0.0833. The highest BCUT2D eigenvalue weighted by atomic mass is 35.5. The molecule has 0 fully saturated rings. The Labute approximate surface area is 115 Å². The number of nitrogens with one attached hydrogen (secondary N) is 2. The molecule has 0 bridgehead atoms. The molecule has 0 saturated carbocycles. The summed E-state index contributed by atoms with van der Waals surface area (Å²) in [4.78, 5) is 26.6. The lowest BCUT2D eigenvalue weighted by Gasteiger charge is -2.08. The van der Waals surface area contributed by atoms with Crippen molar-refractivity contribution in [3.8, 4) is 0 Å². The summed E-state index contributed by atoms with van der Waals surface area (Å²) in [7, 11) is 0. The molecule has 5 heteroatoms. The van der Waals surface area contributed by atoms with E-state index in [1.165, 1.54) is 12.3 Å². The van der Waals surface area contributed by atoms with Gasteiger partial charge in [0.05, 0.1) is 0 Å². The number of halogens is 1. The van der Waals surface area contributed by atoms with Crippen molar-refractivity contribution in [3.05, 3.63) is 62.5 Å². The predicted octanol–water partition coefficient (Wildman–Crippen LogP) is 2.90. The third kappa shape index (κ3) is 3.03. The molecule has 2 aromatic rings. The van der Waals surface area contributed by atoms with Crippen molar-refractivity contribution in [2.45, 2.75) is 13.8 Å². The smallest absolute Gasteiger partial charge is 0.261 e. The van der Waals surface area contributed by atoms with Gasteiger partial charge in [0.25, 0.3) is 5.91 Å². The number of aromatic nitrogens is 1. The van der Waals surface area contributed by atoms with Crippen LogP contribution in [0.1, 0.15) is 21.6 Å². The topological polar surface area (TPSA) is 62.0 Å². The molecule has 0 spiro atoms. The summed E-state index contributed by atoms with van der Waals surface area (Å²) in [5.41, 5.74) is 1.96. The standard InChI is InChI=1S/C14H13ClN2O2/c1-8-5-10(15)3-4-12(8)17-14(19)11-7-16-9(2)6-13(11)18/h3-7H,1-2H3,(H,16,18)(H,17,19). The first kappa shape index (κ1) is 13.4. The van der Waals surface area contributed by atoms with Crippen molar-refractivity contribution < 1.29 is 4.79 Å². The van der Waals surface area contributed by atoms with E-state index in [1.54, 1.807) is 25.1 Å². The summed E-state index contributed by atoms with van der Waals surface area (Å²) in [6, 6.07) is 6.53. The number of pyridine rings is 1. The lowest BCUT2D eigenvalue weighted by Crippen LogP contribution is -2.21. The summed E-state index contributed by atoms with van der Waals surface area (Å²) < 4.78 is 0. The van der Waals surface area contributed by atoms with Gasteiger partial charge in [-0.05, 0) is 37.6 Å². The summed E-state index contributed by atoms with van der Waals surface area (Å²) in [6.45, 7) is 3.59. The fraction of sp³-hybridized carbons (Fsp3) is 0.143. The highest BCUT2D eigenvalue weighted by molar-refractivity contribution is 6.30. The third-order valence-corrected chi connectivity index (χ3v) is 2.97. The van der Waals surface area contributed by atoms with Gasteiger partial charge in [-0.3, -0.25) is 9.59 Å². The zero-order chi connectivity index (χ0) is 14.0. The SMILES string of the molecule is Cc1cc(=O)c(C(=O)Nc2ccc(Cl)cc2C)c[nH]1. The van der Waals surface area contributed by atoms with E-state index < -0.39 is 5.91 Å². The first-order valence-corrected chi connectivity index (χ1v) is 6.12. The first-order valence-electron chi connectivity index (χ1n) is 5.74. The maximum Gasteiger partial charge on any atom is 0.261 e. The lowest BCUT2D eigenvalue weighted by molar-refractivity contribution is 0.102. The van der Waals surface area contributed by atoms with Crippen molar-refractivity contribution in [2.75, 3.05) is 5.32 Å². The van der Waals surface area contributed by atoms with Crippen molar-refractivity contribution in [1.29, 1.82) is 0 Å². The predicted molar refractivity (Wildman–Crippen MR) is 75.9 cm³/mol. The average molecular weight is 277 g/mol. The number of hydrogen-bond donors (Lipinski definition) is 2. The van der Waals surface area contributed by atoms with E-state index in [1.807, 2.05) is 6.92 Å². The van der Waals surface area contributed by atoms with Gasteiger partial charge in [0, 0.05) is 28.7 Å². The molecule has 2 rings (SSSR count). The molecule has 0 unspecified atom stereocenters. The van der Waals surface area contributed by atoms with Crippen LogP contribution in [0.5, 0.6) is 0 Å². The van der Waals surface area contributed by atoms with Gasteiger partial charge in [0.15, 0.2) is 5.43 Å². The van der Waals surface area contributed by atoms with Crippen LogP contribution < -0.4 is 10.7 Å². The Morgan fingerprint density at radius 3 is 2.63 bits per heavy atom. The van der Waals surface area contributed by atoms with Crippen molar-refractivity contribution in [1.82, 2.24) is 4.98 Å². The average Bonchev–Trinajstić information content (AvgIpc) is 2.32. The number of amides is 1. The minimum Gasteiger partial charge on any atom is -0.364 e. The molecule has 0 saturated heterocycles. The first-order chi connectivity index (χ1) is 8.97. The number of hydrogen-bond acceptors (Lipinski definition) is 2. The molecule has 19 heavy (non-hydrogen) atoms.